The van der Waals surface area contributed by atoms with Gasteiger partial charge in [-0.2, -0.15) is 0 Å². The number of benzene rings is 2. The maximum absolute atomic E-state index is 14.0. The molecular weight excluding hydrogens is 259 g/mol. The van der Waals surface area contributed by atoms with Gasteiger partial charge >= 0.3 is 0 Å². The van der Waals surface area contributed by atoms with Crippen LogP contribution >= 0.6 is 0 Å². The van der Waals surface area contributed by atoms with Gasteiger partial charge in [0.15, 0.2) is 17.3 Å². The van der Waals surface area contributed by atoms with Crippen LogP contribution in [0.1, 0.15) is 22.8 Å². The number of Topliss-reactive ketones (excluding diaryl/α,β-unsaturated/α-hetero) is 1. The summed E-state index contributed by atoms with van der Waals surface area (Å²) in [5.41, 5.74) is 0.783. The summed E-state index contributed by atoms with van der Waals surface area (Å²) in [5, 5.41) is 0. The van der Waals surface area contributed by atoms with Crippen LogP contribution in [0.2, 0.25) is 0 Å². The lowest BCUT2D eigenvalue weighted by atomic mass is 10.1. The van der Waals surface area contributed by atoms with Crippen molar-refractivity contribution in [1.82, 2.24) is 0 Å². The van der Waals surface area contributed by atoms with Crippen molar-refractivity contribution in [2.24, 2.45) is 0 Å². The number of aryl methyl sites for hydroxylation is 1. The first kappa shape index (κ1) is 14.1. The molecule has 0 N–H and O–H groups in total. The molecular formula is C16H15FO3. The molecule has 3 nitrogen and oxygen atoms in total. The Morgan fingerprint density at radius 3 is 2.30 bits per heavy atom. The molecule has 2 rings (SSSR count). The van der Waals surface area contributed by atoms with Crippen molar-refractivity contribution in [3.05, 3.63) is 53.3 Å². The minimum atomic E-state index is -0.440. The van der Waals surface area contributed by atoms with Gasteiger partial charge < -0.3 is 9.47 Å². The Kier molecular flexibility index (Phi) is 4.03. The van der Waals surface area contributed by atoms with Crippen LogP contribution in [0.3, 0.4) is 0 Å². The molecule has 0 amide bonds. The minimum Gasteiger partial charge on any atom is -0.496 e. The zero-order valence-electron chi connectivity index (χ0n) is 11.6. The highest BCUT2D eigenvalue weighted by atomic mass is 19.1. The van der Waals surface area contributed by atoms with Gasteiger partial charge in [0.25, 0.3) is 0 Å². The highest BCUT2D eigenvalue weighted by molar-refractivity contribution is 5.99. The smallest absolute Gasteiger partial charge is 0.168 e. The van der Waals surface area contributed by atoms with E-state index >= 15 is 0 Å². The van der Waals surface area contributed by atoms with Gasteiger partial charge in [-0.1, -0.05) is 18.2 Å². The summed E-state index contributed by atoms with van der Waals surface area (Å²) in [6, 6.07) is 9.83. The second kappa shape index (κ2) is 5.74. The number of halogens is 1. The average molecular weight is 274 g/mol. The first-order chi connectivity index (χ1) is 9.54. The molecule has 0 aromatic heterocycles. The fourth-order valence-corrected chi connectivity index (χ4v) is 1.93. The number of methoxy groups -OCH3 is 1. The van der Waals surface area contributed by atoms with Gasteiger partial charge in [0, 0.05) is 0 Å². The highest BCUT2D eigenvalue weighted by Crippen LogP contribution is 2.33. The molecule has 0 aliphatic rings. The molecule has 0 unspecified atom stereocenters. The third-order valence-corrected chi connectivity index (χ3v) is 2.94. The van der Waals surface area contributed by atoms with Crippen molar-refractivity contribution in [2.75, 3.05) is 7.11 Å². The highest BCUT2D eigenvalue weighted by Gasteiger charge is 2.17. The van der Waals surface area contributed by atoms with Gasteiger partial charge in [0.1, 0.15) is 17.1 Å². The lowest BCUT2D eigenvalue weighted by Gasteiger charge is -2.13. The Balaban J connectivity index is 2.48. The normalized spacial score (nSPS) is 10.2. The van der Waals surface area contributed by atoms with Crippen LogP contribution < -0.4 is 9.47 Å². The van der Waals surface area contributed by atoms with E-state index in [4.69, 9.17) is 9.47 Å². The molecule has 20 heavy (non-hydrogen) atoms. The fourth-order valence-electron chi connectivity index (χ4n) is 1.93. The molecule has 0 heterocycles. The van der Waals surface area contributed by atoms with Gasteiger partial charge in [0.05, 0.1) is 7.11 Å². The molecule has 2 aromatic rings. The molecule has 2 aromatic carbocycles. The fraction of sp³-hybridized carbons (Fsp3) is 0.188. The Hall–Kier alpha value is -2.36. The van der Waals surface area contributed by atoms with Gasteiger partial charge in [-0.25, -0.2) is 4.39 Å². The first-order valence-corrected chi connectivity index (χ1v) is 6.15. The van der Waals surface area contributed by atoms with Crippen LogP contribution in [-0.4, -0.2) is 12.9 Å². The molecule has 0 bridgehead atoms. The quantitative estimate of drug-likeness (QED) is 0.786. The molecule has 0 fully saturated rings. The van der Waals surface area contributed by atoms with E-state index < -0.39 is 5.82 Å². The minimum absolute atomic E-state index is 0.0840. The Labute approximate surface area is 117 Å². The maximum Gasteiger partial charge on any atom is 0.168 e. The molecule has 0 saturated heterocycles. The van der Waals surface area contributed by atoms with Crippen molar-refractivity contribution >= 4 is 5.78 Å². The standard InChI is InChI=1S/C16H15FO3/c1-10-6-4-9-14(16(10)17)20-13-8-5-7-12(19-3)15(13)11(2)18/h4-9H,1-3H3. The number of ether oxygens (including phenoxy) is 2. The second-order valence-corrected chi connectivity index (χ2v) is 4.38. The molecule has 0 spiro atoms. The van der Waals surface area contributed by atoms with Gasteiger partial charge in [-0.15, -0.1) is 0 Å². The third kappa shape index (κ3) is 2.64. The predicted octanol–water partition coefficient (Wildman–Crippen LogP) is 4.14. The molecule has 104 valence electrons. The van der Waals surface area contributed by atoms with E-state index in [1.807, 2.05) is 0 Å². The van der Waals surface area contributed by atoms with Crippen LogP contribution in [0.4, 0.5) is 4.39 Å². The molecule has 0 atom stereocenters. The van der Waals surface area contributed by atoms with Crippen LogP contribution in [-0.2, 0) is 0 Å². The van der Waals surface area contributed by atoms with Crippen LogP contribution in [0.15, 0.2) is 36.4 Å². The largest absolute Gasteiger partial charge is 0.496 e. The van der Waals surface area contributed by atoms with Crippen molar-refractivity contribution in [1.29, 1.82) is 0 Å². The number of hydrogen-bond acceptors (Lipinski definition) is 3. The lowest BCUT2D eigenvalue weighted by Crippen LogP contribution is -2.01. The van der Waals surface area contributed by atoms with Crippen molar-refractivity contribution in [2.45, 2.75) is 13.8 Å². The lowest BCUT2D eigenvalue weighted by molar-refractivity contribution is 0.101. The molecule has 0 saturated carbocycles. The van der Waals surface area contributed by atoms with E-state index in [0.717, 1.165) is 0 Å². The number of rotatable bonds is 4. The summed E-state index contributed by atoms with van der Waals surface area (Å²) in [6.45, 7) is 3.07. The van der Waals surface area contributed by atoms with E-state index in [-0.39, 0.29) is 17.3 Å². The Morgan fingerprint density at radius 1 is 1.05 bits per heavy atom. The number of carbonyl (C=O) groups excluding carboxylic acids is 1. The van der Waals surface area contributed by atoms with Gasteiger partial charge in [0.2, 0.25) is 0 Å². The van der Waals surface area contributed by atoms with Crippen LogP contribution in [0.25, 0.3) is 0 Å². The Bertz CT molecular complexity index is 650. The van der Waals surface area contributed by atoms with Crippen LogP contribution in [0, 0.1) is 12.7 Å². The molecule has 4 heteroatoms. The summed E-state index contributed by atoms with van der Waals surface area (Å²) < 4.78 is 24.7. The second-order valence-electron chi connectivity index (χ2n) is 4.38. The average Bonchev–Trinajstić information content (AvgIpc) is 2.43. The zero-order valence-corrected chi connectivity index (χ0v) is 11.6. The van der Waals surface area contributed by atoms with Crippen molar-refractivity contribution < 1.29 is 18.7 Å². The Morgan fingerprint density at radius 2 is 1.65 bits per heavy atom. The molecule has 0 radical (unpaired) electrons. The van der Waals surface area contributed by atoms with Gasteiger partial charge in [-0.3, -0.25) is 4.79 Å². The number of carbonyl (C=O) groups is 1. The number of ketones is 1. The van der Waals surface area contributed by atoms with Gasteiger partial charge in [-0.05, 0) is 37.6 Å². The predicted molar refractivity (Wildman–Crippen MR) is 74.2 cm³/mol. The van der Waals surface area contributed by atoms with E-state index in [1.54, 1.807) is 37.3 Å². The summed E-state index contributed by atoms with van der Waals surface area (Å²) in [5.74, 6) is 0.125. The van der Waals surface area contributed by atoms with E-state index in [0.29, 0.717) is 16.9 Å². The number of hydrogen-bond donors (Lipinski definition) is 0. The zero-order chi connectivity index (χ0) is 14.7. The third-order valence-electron chi connectivity index (χ3n) is 2.94. The molecule has 0 aliphatic carbocycles. The molecule has 0 aliphatic heterocycles. The van der Waals surface area contributed by atoms with Crippen molar-refractivity contribution in [3.8, 4) is 17.2 Å². The summed E-state index contributed by atoms with van der Waals surface area (Å²) in [7, 11) is 1.47. The topological polar surface area (TPSA) is 35.5 Å². The summed E-state index contributed by atoms with van der Waals surface area (Å²) in [6.07, 6.45) is 0. The van der Waals surface area contributed by atoms with Crippen molar-refractivity contribution in [3.63, 3.8) is 0 Å². The summed E-state index contributed by atoms with van der Waals surface area (Å²) >= 11 is 0. The van der Waals surface area contributed by atoms with E-state index in [1.165, 1.54) is 20.1 Å². The SMILES string of the molecule is COc1cccc(Oc2cccc(C)c2F)c1C(C)=O. The summed E-state index contributed by atoms with van der Waals surface area (Å²) in [4.78, 5) is 11.7. The van der Waals surface area contributed by atoms with E-state index in [2.05, 4.69) is 0 Å². The monoisotopic (exact) mass is 274 g/mol. The first-order valence-electron chi connectivity index (χ1n) is 6.15. The van der Waals surface area contributed by atoms with E-state index in [9.17, 15) is 9.18 Å². The maximum atomic E-state index is 14.0. The van der Waals surface area contributed by atoms with Crippen LogP contribution in [0.5, 0.6) is 17.2 Å².